The fraction of sp³-hybridized carbons (Fsp3) is 0.611. The Morgan fingerprint density at radius 2 is 1.77 bits per heavy atom. The topological polar surface area (TPSA) is 55.3 Å². The summed E-state index contributed by atoms with van der Waals surface area (Å²) in [6.07, 6.45) is 0. The lowest BCUT2D eigenvalue weighted by atomic mass is 10.1. The quantitative estimate of drug-likeness (QED) is 0.385. The molecule has 0 amide bonds. The highest BCUT2D eigenvalue weighted by atomic mass is 127. The fourth-order valence-corrected chi connectivity index (χ4v) is 4.05. The Hall–Kier alpha value is -1.03. The van der Waals surface area contributed by atoms with Gasteiger partial charge in [-0.05, 0) is 19.9 Å². The number of hydrogen-bond donors (Lipinski definition) is 1. The molecule has 1 fully saturated rings. The van der Waals surface area contributed by atoms with Gasteiger partial charge in [-0.2, -0.15) is 11.8 Å². The molecule has 0 aliphatic carbocycles. The summed E-state index contributed by atoms with van der Waals surface area (Å²) >= 11 is 2.01. The van der Waals surface area contributed by atoms with E-state index in [-0.39, 0.29) is 28.7 Å². The molecule has 1 aromatic rings. The van der Waals surface area contributed by atoms with Gasteiger partial charge in [0.25, 0.3) is 0 Å². The van der Waals surface area contributed by atoms with Gasteiger partial charge in [0.1, 0.15) is 5.75 Å². The number of methoxy groups -OCH3 is 3. The number of nitrogens with zero attached hydrogens (tertiary/aromatic N) is 2. The number of hydrogen-bond acceptors (Lipinski definition) is 5. The van der Waals surface area contributed by atoms with E-state index in [0.717, 1.165) is 36.1 Å². The molecular weight excluding hydrogens is 465 g/mol. The molecule has 26 heavy (non-hydrogen) atoms. The number of aliphatic imine (C=N–C) groups is 1. The SMILES string of the molecule is CN=C(NCc1cc(OC)c(OC)cc1OC)N1CCSC(C)(C)C1.I. The Morgan fingerprint density at radius 1 is 1.15 bits per heavy atom. The van der Waals surface area contributed by atoms with Crippen LogP contribution in [0.1, 0.15) is 19.4 Å². The van der Waals surface area contributed by atoms with Crippen molar-refractivity contribution in [1.82, 2.24) is 10.2 Å². The first-order valence-corrected chi connectivity index (χ1v) is 9.31. The number of thioether (sulfide) groups is 1. The maximum absolute atomic E-state index is 5.50. The zero-order valence-electron chi connectivity index (χ0n) is 16.4. The van der Waals surface area contributed by atoms with E-state index in [1.807, 2.05) is 30.9 Å². The second-order valence-corrected chi connectivity index (χ2v) is 8.25. The first-order chi connectivity index (χ1) is 11.9. The standard InChI is InChI=1S/C18H29N3O3S.HI/c1-18(2)12-21(7-8-25-18)17(19-3)20-11-13-9-15(23-5)16(24-6)10-14(13)22-4;/h9-10H,7-8,11-12H2,1-6H3,(H,19,20);1H. The van der Waals surface area contributed by atoms with Crippen molar-refractivity contribution in [1.29, 1.82) is 0 Å². The maximum atomic E-state index is 5.50. The van der Waals surface area contributed by atoms with Crippen LogP contribution in [0.4, 0.5) is 0 Å². The summed E-state index contributed by atoms with van der Waals surface area (Å²) in [5.74, 6) is 4.11. The predicted octanol–water partition coefficient (Wildman–Crippen LogP) is 3.23. The van der Waals surface area contributed by atoms with Crippen LogP contribution in [0, 0.1) is 0 Å². The second kappa shape index (κ2) is 10.3. The first kappa shape index (κ1) is 23.0. The van der Waals surface area contributed by atoms with Crippen LogP contribution in [0.2, 0.25) is 0 Å². The van der Waals surface area contributed by atoms with Crippen molar-refractivity contribution in [3.63, 3.8) is 0 Å². The first-order valence-electron chi connectivity index (χ1n) is 8.32. The molecule has 0 spiro atoms. The van der Waals surface area contributed by atoms with Gasteiger partial charge in [-0.1, -0.05) is 0 Å². The molecule has 0 radical (unpaired) electrons. The van der Waals surface area contributed by atoms with E-state index >= 15 is 0 Å². The smallest absolute Gasteiger partial charge is 0.193 e. The summed E-state index contributed by atoms with van der Waals surface area (Å²) in [7, 11) is 6.73. The van der Waals surface area contributed by atoms with Crippen molar-refractivity contribution in [2.75, 3.05) is 47.2 Å². The Balaban J connectivity index is 0.00000338. The third-order valence-electron chi connectivity index (χ3n) is 4.16. The molecule has 0 aromatic heterocycles. The number of rotatable bonds is 5. The van der Waals surface area contributed by atoms with Crippen LogP contribution in [0.15, 0.2) is 17.1 Å². The normalized spacial score (nSPS) is 16.5. The van der Waals surface area contributed by atoms with Gasteiger partial charge in [0.15, 0.2) is 17.5 Å². The van der Waals surface area contributed by atoms with Crippen molar-refractivity contribution < 1.29 is 14.2 Å². The van der Waals surface area contributed by atoms with Gasteiger partial charge in [-0.25, -0.2) is 0 Å². The molecule has 0 atom stereocenters. The molecule has 1 heterocycles. The van der Waals surface area contributed by atoms with Crippen molar-refractivity contribution >= 4 is 41.7 Å². The lowest BCUT2D eigenvalue weighted by Gasteiger charge is -2.39. The molecule has 0 unspecified atom stereocenters. The molecule has 148 valence electrons. The van der Waals surface area contributed by atoms with Gasteiger partial charge >= 0.3 is 0 Å². The lowest BCUT2D eigenvalue weighted by molar-refractivity contribution is 0.347. The molecular formula is C18H30IN3O3S. The van der Waals surface area contributed by atoms with E-state index < -0.39 is 0 Å². The zero-order chi connectivity index (χ0) is 18.4. The van der Waals surface area contributed by atoms with Gasteiger partial charge in [0, 0.05) is 48.8 Å². The Bertz CT molecular complexity index is 626. The van der Waals surface area contributed by atoms with Gasteiger partial charge < -0.3 is 24.4 Å². The Kier molecular flexibility index (Phi) is 9.15. The average Bonchev–Trinajstić information content (AvgIpc) is 2.60. The largest absolute Gasteiger partial charge is 0.496 e. The number of guanidine groups is 1. The fourth-order valence-electron chi connectivity index (χ4n) is 2.93. The molecule has 1 N–H and O–H groups in total. The van der Waals surface area contributed by atoms with Crippen molar-refractivity contribution in [3.05, 3.63) is 17.7 Å². The molecule has 0 saturated carbocycles. The Morgan fingerprint density at radius 3 is 2.31 bits per heavy atom. The highest BCUT2D eigenvalue weighted by Crippen LogP contribution is 2.34. The molecule has 8 heteroatoms. The van der Waals surface area contributed by atoms with Crippen LogP contribution in [0.25, 0.3) is 0 Å². The number of nitrogens with one attached hydrogen (secondary N) is 1. The van der Waals surface area contributed by atoms with E-state index in [0.29, 0.717) is 18.0 Å². The van der Waals surface area contributed by atoms with Crippen LogP contribution in [-0.2, 0) is 6.54 Å². The number of halogens is 1. The van der Waals surface area contributed by atoms with Gasteiger partial charge in [-0.15, -0.1) is 24.0 Å². The van der Waals surface area contributed by atoms with E-state index in [4.69, 9.17) is 14.2 Å². The molecule has 1 aromatic carbocycles. The highest BCUT2D eigenvalue weighted by molar-refractivity contribution is 14.0. The zero-order valence-corrected chi connectivity index (χ0v) is 19.6. The van der Waals surface area contributed by atoms with Crippen molar-refractivity contribution in [2.45, 2.75) is 25.1 Å². The van der Waals surface area contributed by atoms with E-state index in [1.165, 1.54) is 0 Å². The minimum absolute atomic E-state index is 0. The van der Waals surface area contributed by atoms with Crippen LogP contribution in [-0.4, -0.2) is 62.8 Å². The van der Waals surface area contributed by atoms with E-state index in [1.54, 1.807) is 21.3 Å². The Labute approximate surface area is 178 Å². The predicted molar refractivity (Wildman–Crippen MR) is 120 cm³/mol. The molecule has 1 aliphatic heterocycles. The molecule has 6 nitrogen and oxygen atoms in total. The third-order valence-corrected chi connectivity index (χ3v) is 5.46. The lowest BCUT2D eigenvalue weighted by Crippen LogP contribution is -2.50. The summed E-state index contributed by atoms with van der Waals surface area (Å²) in [6, 6.07) is 3.78. The minimum atomic E-state index is 0. The van der Waals surface area contributed by atoms with Crippen LogP contribution < -0.4 is 19.5 Å². The highest BCUT2D eigenvalue weighted by Gasteiger charge is 2.28. The third kappa shape index (κ3) is 5.73. The van der Waals surface area contributed by atoms with E-state index in [2.05, 4.69) is 29.1 Å². The van der Waals surface area contributed by atoms with Crippen LogP contribution in [0.5, 0.6) is 17.2 Å². The summed E-state index contributed by atoms with van der Waals surface area (Å²) in [6.45, 7) is 7.11. The molecule has 1 saturated heterocycles. The molecule has 2 rings (SSSR count). The van der Waals surface area contributed by atoms with Crippen LogP contribution in [0.3, 0.4) is 0 Å². The maximum Gasteiger partial charge on any atom is 0.193 e. The van der Waals surface area contributed by atoms with Gasteiger partial charge in [0.05, 0.1) is 21.3 Å². The van der Waals surface area contributed by atoms with Crippen LogP contribution >= 0.6 is 35.7 Å². The van der Waals surface area contributed by atoms with E-state index in [9.17, 15) is 0 Å². The number of ether oxygens (including phenoxy) is 3. The van der Waals surface area contributed by atoms with Crippen molar-refractivity contribution in [2.24, 2.45) is 4.99 Å². The summed E-state index contributed by atoms with van der Waals surface area (Å²) in [4.78, 5) is 6.76. The average molecular weight is 495 g/mol. The molecule has 1 aliphatic rings. The minimum Gasteiger partial charge on any atom is -0.496 e. The van der Waals surface area contributed by atoms with Gasteiger partial charge in [0.2, 0.25) is 0 Å². The summed E-state index contributed by atoms with van der Waals surface area (Å²) in [5, 5.41) is 3.45. The molecule has 0 bridgehead atoms. The summed E-state index contributed by atoms with van der Waals surface area (Å²) < 4.78 is 16.5. The summed E-state index contributed by atoms with van der Waals surface area (Å²) in [5.41, 5.74) is 0.993. The number of benzene rings is 1. The van der Waals surface area contributed by atoms with Gasteiger partial charge in [-0.3, -0.25) is 4.99 Å². The second-order valence-electron chi connectivity index (χ2n) is 6.45. The van der Waals surface area contributed by atoms with Crippen molar-refractivity contribution in [3.8, 4) is 17.2 Å². The monoisotopic (exact) mass is 495 g/mol.